The molecule has 0 bridgehead atoms. The summed E-state index contributed by atoms with van der Waals surface area (Å²) >= 11 is 0. The van der Waals surface area contributed by atoms with Crippen LogP contribution >= 0.6 is 0 Å². The molecular formula is C23H30N4O4. The van der Waals surface area contributed by atoms with Gasteiger partial charge in [-0.1, -0.05) is 18.2 Å². The van der Waals surface area contributed by atoms with Crippen LogP contribution in [-0.2, 0) is 27.4 Å². The molecule has 2 saturated heterocycles. The van der Waals surface area contributed by atoms with Gasteiger partial charge in [0.1, 0.15) is 6.04 Å². The Morgan fingerprint density at radius 3 is 2.74 bits per heavy atom. The molecule has 5 rings (SSSR count). The number of carbonyl (C=O) groups is 3. The lowest BCUT2D eigenvalue weighted by Crippen LogP contribution is -2.54. The summed E-state index contributed by atoms with van der Waals surface area (Å²) in [6.07, 6.45) is 4.61. The molecule has 0 aromatic heterocycles. The number of nitrogens with one attached hydrogen (secondary N) is 1. The third-order valence-electron chi connectivity index (χ3n) is 7.30. The number of imide groups is 1. The van der Waals surface area contributed by atoms with E-state index in [1.165, 1.54) is 0 Å². The van der Waals surface area contributed by atoms with Crippen molar-refractivity contribution < 1.29 is 19.1 Å². The van der Waals surface area contributed by atoms with Gasteiger partial charge in [-0.15, -0.1) is 0 Å². The zero-order valence-corrected chi connectivity index (χ0v) is 17.8. The third-order valence-corrected chi connectivity index (χ3v) is 7.30. The first kappa shape index (κ1) is 20.6. The zero-order valence-electron chi connectivity index (χ0n) is 17.8. The van der Waals surface area contributed by atoms with Gasteiger partial charge >= 0.3 is 0 Å². The lowest BCUT2D eigenvalue weighted by molar-refractivity contribution is -0.137. The summed E-state index contributed by atoms with van der Waals surface area (Å²) in [5.74, 6) is -0.743. The van der Waals surface area contributed by atoms with Crippen molar-refractivity contribution in [1.82, 2.24) is 15.1 Å². The number of hydrogen-bond donors (Lipinski definition) is 2. The van der Waals surface area contributed by atoms with Gasteiger partial charge in [-0.3, -0.25) is 24.6 Å². The van der Waals surface area contributed by atoms with Crippen LogP contribution in [0.1, 0.15) is 60.0 Å². The average Bonchev–Trinajstić information content (AvgIpc) is 3.08. The second-order valence-electron chi connectivity index (χ2n) is 9.43. The number of benzene rings is 1. The van der Waals surface area contributed by atoms with Crippen molar-refractivity contribution >= 4 is 17.7 Å². The average molecular weight is 427 g/mol. The number of amides is 3. The van der Waals surface area contributed by atoms with Crippen molar-refractivity contribution in [2.45, 2.75) is 69.3 Å². The quantitative estimate of drug-likeness (QED) is 0.697. The fourth-order valence-electron chi connectivity index (χ4n) is 5.59. The molecule has 8 nitrogen and oxygen atoms in total. The Labute approximate surface area is 182 Å². The van der Waals surface area contributed by atoms with Gasteiger partial charge in [-0.25, -0.2) is 0 Å². The van der Waals surface area contributed by atoms with Crippen molar-refractivity contribution in [2.24, 2.45) is 5.73 Å². The molecule has 3 heterocycles. The molecule has 1 atom stereocenters. The Bertz CT molecular complexity index is 909. The van der Waals surface area contributed by atoms with Gasteiger partial charge in [0.05, 0.1) is 12.2 Å². The van der Waals surface area contributed by atoms with Gasteiger partial charge in [-0.2, -0.15) is 0 Å². The summed E-state index contributed by atoms with van der Waals surface area (Å²) < 4.78 is 6.21. The SMILES string of the molecule is NC1CCC2(CC1)CN(Cc1cccc3c1C(=O)N(C1CCC(=O)NC1=O)C3)CCO2. The maximum Gasteiger partial charge on any atom is 0.255 e. The summed E-state index contributed by atoms with van der Waals surface area (Å²) in [6, 6.07) is 5.67. The third kappa shape index (κ3) is 3.88. The van der Waals surface area contributed by atoms with E-state index < -0.39 is 6.04 Å². The minimum absolute atomic E-state index is 0.105. The lowest BCUT2D eigenvalue weighted by atomic mass is 9.81. The maximum absolute atomic E-state index is 13.3. The minimum Gasteiger partial charge on any atom is -0.372 e. The van der Waals surface area contributed by atoms with Crippen LogP contribution in [0.5, 0.6) is 0 Å². The van der Waals surface area contributed by atoms with Crippen LogP contribution in [-0.4, -0.2) is 64.9 Å². The molecule has 166 valence electrons. The molecule has 3 N–H and O–H groups in total. The largest absolute Gasteiger partial charge is 0.372 e. The molecule has 4 aliphatic rings. The highest BCUT2D eigenvalue weighted by Crippen LogP contribution is 2.35. The van der Waals surface area contributed by atoms with Crippen molar-refractivity contribution in [3.63, 3.8) is 0 Å². The van der Waals surface area contributed by atoms with Crippen LogP contribution in [0.2, 0.25) is 0 Å². The van der Waals surface area contributed by atoms with Crippen LogP contribution < -0.4 is 11.1 Å². The number of morpholine rings is 1. The monoisotopic (exact) mass is 426 g/mol. The van der Waals surface area contributed by atoms with E-state index in [1.807, 2.05) is 18.2 Å². The molecule has 1 aromatic carbocycles. The van der Waals surface area contributed by atoms with Crippen molar-refractivity contribution in [1.29, 1.82) is 0 Å². The zero-order chi connectivity index (χ0) is 21.6. The first-order valence-corrected chi connectivity index (χ1v) is 11.3. The van der Waals surface area contributed by atoms with E-state index in [0.717, 1.165) is 55.5 Å². The molecule has 0 radical (unpaired) electrons. The smallest absolute Gasteiger partial charge is 0.255 e. The summed E-state index contributed by atoms with van der Waals surface area (Å²) in [5, 5.41) is 2.37. The number of fused-ring (bicyclic) bond motifs is 1. The molecule has 1 aromatic rings. The number of ether oxygens (including phenoxy) is 1. The van der Waals surface area contributed by atoms with E-state index in [9.17, 15) is 14.4 Å². The second kappa shape index (κ2) is 8.00. The van der Waals surface area contributed by atoms with Crippen LogP contribution in [0.4, 0.5) is 0 Å². The van der Waals surface area contributed by atoms with E-state index in [4.69, 9.17) is 10.5 Å². The number of hydrogen-bond acceptors (Lipinski definition) is 6. The number of piperidine rings is 1. The normalized spacial score (nSPS) is 31.8. The van der Waals surface area contributed by atoms with Gasteiger partial charge in [0, 0.05) is 44.2 Å². The maximum atomic E-state index is 13.3. The van der Waals surface area contributed by atoms with Crippen LogP contribution in [0.15, 0.2) is 18.2 Å². The number of carbonyl (C=O) groups excluding carboxylic acids is 3. The Hall–Kier alpha value is -2.29. The van der Waals surface area contributed by atoms with E-state index in [2.05, 4.69) is 10.2 Å². The predicted molar refractivity (Wildman–Crippen MR) is 113 cm³/mol. The lowest BCUT2D eigenvalue weighted by Gasteiger charge is -2.46. The highest BCUT2D eigenvalue weighted by Gasteiger charge is 2.42. The molecule has 1 saturated carbocycles. The van der Waals surface area contributed by atoms with E-state index in [-0.39, 0.29) is 35.8 Å². The van der Waals surface area contributed by atoms with E-state index in [0.29, 0.717) is 26.1 Å². The Balaban J connectivity index is 1.32. The van der Waals surface area contributed by atoms with Gasteiger partial charge in [0.15, 0.2) is 0 Å². The predicted octanol–water partition coefficient (Wildman–Crippen LogP) is 0.920. The van der Waals surface area contributed by atoms with Crippen molar-refractivity contribution in [3.05, 3.63) is 34.9 Å². The molecule has 8 heteroatoms. The fourth-order valence-corrected chi connectivity index (χ4v) is 5.59. The Morgan fingerprint density at radius 2 is 1.97 bits per heavy atom. The molecule has 1 aliphatic carbocycles. The highest BCUT2D eigenvalue weighted by molar-refractivity contribution is 6.05. The summed E-state index contributed by atoms with van der Waals surface area (Å²) in [5.41, 5.74) is 8.66. The van der Waals surface area contributed by atoms with Gasteiger partial charge in [0.2, 0.25) is 11.8 Å². The summed E-state index contributed by atoms with van der Waals surface area (Å²) in [7, 11) is 0. The fraction of sp³-hybridized carbons (Fsp3) is 0.609. The van der Waals surface area contributed by atoms with Crippen molar-refractivity contribution in [3.8, 4) is 0 Å². The van der Waals surface area contributed by atoms with Crippen LogP contribution in [0.25, 0.3) is 0 Å². The highest BCUT2D eigenvalue weighted by atomic mass is 16.5. The van der Waals surface area contributed by atoms with Gasteiger partial charge in [-0.05, 0) is 43.2 Å². The second-order valence-corrected chi connectivity index (χ2v) is 9.43. The first-order valence-electron chi connectivity index (χ1n) is 11.3. The minimum atomic E-state index is -0.580. The number of nitrogens with two attached hydrogens (primary N) is 1. The Morgan fingerprint density at radius 1 is 1.16 bits per heavy atom. The van der Waals surface area contributed by atoms with E-state index >= 15 is 0 Å². The number of nitrogens with zero attached hydrogens (tertiary/aromatic N) is 2. The standard InChI is InChI=1S/C23H30N4O4/c24-17-6-8-23(9-7-17)14-26(10-11-31-23)12-15-2-1-3-16-13-27(22(30)20(15)16)18-4-5-19(28)25-21(18)29/h1-3,17-18H,4-14,24H2,(H,25,28,29). The van der Waals surface area contributed by atoms with Gasteiger partial charge in [0.25, 0.3) is 5.91 Å². The van der Waals surface area contributed by atoms with Crippen LogP contribution in [0.3, 0.4) is 0 Å². The molecular weight excluding hydrogens is 396 g/mol. The molecule has 1 unspecified atom stereocenters. The molecule has 3 fully saturated rings. The summed E-state index contributed by atoms with van der Waals surface area (Å²) in [6.45, 7) is 3.49. The summed E-state index contributed by atoms with van der Waals surface area (Å²) in [4.78, 5) is 41.2. The molecule has 31 heavy (non-hydrogen) atoms. The van der Waals surface area contributed by atoms with Gasteiger partial charge < -0.3 is 15.4 Å². The number of rotatable bonds is 3. The van der Waals surface area contributed by atoms with Crippen LogP contribution in [0, 0.1) is 0 Å². The van der Waals surface area contributed by atoms with Crippen molar-refractivity contribution in [2.75, 3.05) is 19.7 Å². The molecule has 3 aliphatic heterocycles. The molecule has 3 amide bonds. The topological polar surface area (TPSA) is 105 Å². The van der Waals surface area contributed by atoms with E-state index in [1.54, 1.807) is 4.90 Å². The first-order chi connectivity index (χ1) is 14.9. The Kier molecular flexibility index (Phi) is 5.32. The molecule has 1 spiro atoms.